The summed E-state index contributed by atoms with van der Waals surface area (Å²) >= 11 is 6.03. The monoisotopic (exact) mass is 292 g/mol. The lowest BCUT2D eigenvalue weighted by Crippen LogP contribution is -2.52. The number of halogens is 4. The molecule has 0 spiro atoms. The molecule has 0 bridgehead atoms. The van der Waals surface area contributed by atoms with Crippen LogP contribution >= 0.6 is 11.6 Å². The van der Waals surface area contributed by atoms with Crippen molar-refractivity contribution < 1.29 is 18.0 Å². The molecule has 104 valence electrons. The van der Waals surface area contributed by atoms with Crippen molar-refractivity contribution >= 4 is 23.2 Å². The first-order valence-electron chi connectivity index (χ1n) is 5.75. The van der Waals surface area contributed by atoms with Crippen LogP contribution in [0.2, 0.25) is 5.02 Å². The van der Waals surface area contributed by atoms with Gasteiger partial charge in [0, 0.05) is 26.2 Å². The van der Waals surface area contributed by atoms with Gasteiger partial charge in [-0.15, -0.1) is 0 Å². The van der Waals surface area contributed by atoms with E-state index >= 15 is 0 Å². The van der Waals surface area contributed by atoms with Crippen molar-refractivity contribution in [2.75, 3.05) is 31.1 Å². The Kier molecular flexibility index (Phi) is 3.89. The van der Waals surface area contributed by atoms with Crippen LogP contribution in [0.5, 0.6) is 0 Å². The van der Waals surface area contributed by atoms with Crippen molar-refractivity contribution in [3.05, 3.63) is 29.3 Å². The van der Waals surface area contributed by atoms with Gasteiger partial charge in [-0.05, 0) is 12.1 Å². The van der Waals surface area contributed by atoms with Crippen molar-refractivity contribution in [1.82, 2.24) is 4.90 Å². The maximum Gasteiger partial charge on any atom is 0.471 e. The maximum atomic E-state index is 12.3. The number of anilines is 1. The molecule has 0 unspecified atom stereocenters. The van der Waals surface area contributed by atoms with Crippen LogP contribution in [-0.2, 0) is 4.79 Å². The van der Waals surface area contributed by atoms with Gasteiger partial charge >= 0.3 is 12.1 Å². The number of benzene rings is 1. The lowest BCUT2D eigenvalue weighted by molar-refractivity contribution is -0.185. The number of rotatable bonds is 1. The molecule has 1 amide bonds. The zero-order valence-corrected chi connectivity index (χ0v) is 10.7. The molecule has 1 saturated heterocycles. The molecule has 1 aliphatic heterocycles. The largest absolute Gasteiger partial charge is 0.471 e. The zero-order valence-electron chi connectivity index (χ0n) is 9.95. The quantitative estimate of drug-likeness (QED) is 0.794. The summed E-state index contributed by atoms with van der Waals surface area (Å²) < 4.78 is 36.9. The van der Waals surface area contributed by atoms with Crippen LogP contribution < -0.4 is 4.90 Å². The Balaban J connectivity index is 2.00. The second-order valence-electron chi connectivity index (χ2n) is 4.23. The molecule has 0 radical (unpaired) electrons. The topological polar surface area (TPSA) is 23.6 Å². The zero-order chi connectivity index (χ0) is 14.0. The molecule has 19 heavy (non-hydrogen) atoms. The smallest absolute Gasteiger partial charge is 0.367 e. The summed E-state index contributed by atoms with van der Waals surface area (Å²) in [6, 6.07) is 7.14. The Morgan fingerprint density at radius 2 is 1.68 bits per heavy atom. The van der Waals surface area contributed by atoms with E-state index < -0.39 is 12.1 Å². The van der Waals surface area contributed by atoms with Crippen molar-refractivity contribution in [2.45, 2.75) is 6.18 Å². The third-order valence-corrected chi connectivity index (χ3v) is 3.32. The summed E-state index contributed by atoms with van der Waals surface area (Å²) in [5.41, 5.74) is 0.781. The highest BCUT2D eigenvalue weighted by Crippen LogP contribution is 2.27. The molecule has 1 aromatic carbocycles. The van der Waals surface area contributed by atoms with Gasteiger partial charge in [-0.25, -0.2) is 0 Å². The van der Waals surface area contributed by atoms with Crippen LogP contribution in [-0.4, -0.2) is 43.2 Å². The van der Waals surface area contributed by atoms with Gasteiger partial charge in [-0.3, -0.25) is 4.79 Å². The maximum absolute atomic E-state index is 12.3. The minimum atomic E-state index is -4.80. The fourth-order valence-electron chi connectivity index (χ4n) is 2.04. The Morgan fingerprint density at radius 3 is 2.21 bits per heavy atom. The second kappa shape index (κ2) is 5.28. The molecule has 1 aliphatic rings. The van der Waals surface area contributed by atoms with E-state index in [4.69, 9.17) is 11.6 Å². The van der Waals surface area contributed by atoms with Gasteiger partial charge in [0.2, 0.25) is 0 Å². The van der Waals surface area contributed by atoms with E-state index in [0.717, 1.165) is 10.6 Å². The summed E-state index contributed by atoms with van der Waals surface area (Å²) in [6.07, 6.45) is -4.80. The van der Waals surface area contributed by atoms with Crippen LogP contribution in [0.15, 0.2) is 24.3 Å². The van der Waals surface area contributed by atoms with Gasteiger partial charge in [-0.1, -0.05) is 23.7 Å². The molecular weight excluding hydrogens is 281 g/mol. The van der Waals surface area contributed by atoms with E-state index in [9.17, 15) is 18.0 Å². The molecule has 1 fully saturated rings. The first kappa shape index (κ1) is 14.0. The van der Waals surface area contributed by atoms with E-state index in [-0.39, 0.29) is 13.1 Å². The normalized spacial score (nSPS) is 16.6. The minimum Gasteiger partial charge on any atom is -0.367 e. The van der Waals surface area contributed by atoms with Crippen LogP contribution in [0, 0.1) is 0 Å². The van der Waals surface area contributed by atoms with Crippen LogP contribution in [0.1, 0.15) is 0 Å². The Labute approximate surface area is 113 Å². The third-order valence-electron chi connectivity index (χ3n) is 3.00. The average molecular weight is 293 g/mol. The molecule has 0 N–H and O–H groups in total. The highest BCUT2D eigenvalue weighted by atomic mass is 35.5. The van der Waals surface area contributed by atoms with Crippen molar-refractivity contribution in [3.63, 3.8) is 0 Å². The van der Waals surface area contributed by atoms with Crippen molar-refractivity contribution in [2.24, 2.45) is 0 Å². The van der Waals surface area contributed by atoms with Crippen LogP contribution in [0.4, 0.5) is 18.9 Å². The number of hydrogen-bond acceptors (Lipinski definition) is 2. The number of para-hydroxylation sites is 1. The van der Waals surface area contributed by atoms with E-state index in [2.05, 4.69) is 0 Å². The molecule has 3 nitrogen and oxygen atoms in total. The van der Waals surface area contributed by atoms with E-state index in [0.29, 0.717) is 18.1 Å². The van der Waals surface area contributed by atoms with E-state index in [1.807, 2.05) is 17.0 Å². The molecule has 0 aromatic heterocycles. The molecule has 1 aromatic rings. The average Bonchev–Trinajstić information content (AvgIpc) is 2.38. The van der Waals surface area contributed by atoms with Crippen LogP contribution in [0.3, 0.4) is 0 Å². The van der Waals surface area contributed by atoms with E-state index in [1.54, 1.807) is 12.1 Å². The number of amides is 1. The molecule has 7 heteroatoms. The molecule has 1 heterocycles. The lowest BCUT2D eigenvalue weighted by atomic mass is 10.2. The second-order valence-corrected chi connectivity index (χ2v) is 4.64. The number of carbonyl (C=O) groups is 1. The SMILES string of the molecule is O=C(N1CCN(c2ccccc2Cl)CC1)C(F)(F)F. The standard InChI is InChI=1S/C12H12ClF3N2O/c13-9-3-1-2-4-10(9)17-5-7-18(8-6-17)11(19)12(14,15)16/h1-4H,5-8H2. The molecule has 0 saturated carbocycles. The number of hydrogen-bond donors (Lipinski definition) is 0. The minimum absolute atomic E-state index is 0.0452. The van der Waals surface area contributed by atoms with Crippen LogP contribution in [0.25, 0.3) is 0 Å². The number of carbonyl (C=O) groups excluding carboxylic acids is 1. The Bertz CT molecular complexity index is 470. The first-order chi connectivity index (χ1) is 8.89. The van der Waals surface area contributed by atoms with Crippen molar-refractivity contribution in [1.29, 1.82) is 0 Å². The summed E-state index contributed by atoms with van der Waals surface area (Å²) in [7, 11) is 0. The van der Waals surface area contributed by atoms with Gasteiger partial charge in [0.15, 0.2) is 0 Å². The number of nitrogens with zero attached hydrogens (tertiary/aromatic N) is 2. The Hall–Kier alpha value is -1.43. The summed E-state index contributed by atoms with van der Waals surface area (Å²) in [4.78, 5) is 13.8. The van der Waals surface area contributed by atoms with Crippen molar-refractivity contribution in [3.8, 4) is 0 Å². The van der Waals surface area contributed by atoms with E-state index in [1.165, 1.54) is 0 Å². The molecular formula is C12H12ClF3N2O. The Morgan fingerprint density at radius 1 is 1.11 bits per heavy atom. The van der Waals surface area contributed by atoms with Gasteiger partial charge in [0.25, 0.3) is 0 Å². The highest BCUT2D eigenvalue weighted by Gasteiger charge is 2.43. The number of alkyl halides is 3. The molecule has 2 rings (SSSR count). The predicted octanol–water partition coefficient (Wildman–Crippen LogP) is 2.55. The number of piperazine rings is 1. The van der Waals surface area contributed by atoms with Gasteiger partial charge in [0.05, 0.1) is 10.7 Å². The first-order valence-corrected chi connectivity index (χ1v) is 6.13. The summed E-state index contributed by atoms with van der Waals surface area (Å²) in [5.74, 6) is -1.77. The molecule has 0 atom stereocenters. The van der Waals surface area contributed by atoms with Gasteiger partial charge in [-0.2, -0.15) is 13.2 Å². The summed E-state index contributed by atoms with van der Waals surface area (Å²) in [6.45, 7) is 0.768. The third kappa shape index (κ3) is 3.12. The highest BCUT2D eigenvalue weighted by molar-refractivity contribution is 6.33. The van der Waals surface area contributed by atoms with Gasteiger partial charge < -0.3 is 9.80 Å². The lowest BCUT2D eigenvalue weighted by Gasteiger charge is -2.36. The fourth-order valence-corrected chi connectivity index (χ4v) is 2.29. The molecule has 0 aliphatic carbocycles. The predicted molar refractivity (Wildman–Crippen MR) is 66.3 cm³/mol. The summed E-state index contributed by atoms with van der Waals surface area (Å²) in [5, 5.41) is 0.554. The fraction of sp³-hybridized carbons (Fsp3) is 0.417. The van der Waals surface area contributed by atoms with Gasteiger partial charge in [0.1, 0.15) is 0 Å².